The number of rotatable bonds is 9. The second-order valence-corrected chi connectivity index (χ2v) is 10.5. The molecule has 2 atom stereocenters. The molecule has 0 unspecified atom stereocenters. The maximum absolute atomic E-state index is 13.2. The molecular weight excluding hydrogens is 502 g/mol. The predicted molar refractivity (Wildman–Crippen MR) is 142 cm³/mol. The van der Waals surface area contributed by atoms with Crippen LogP contribution in [-0.2, 0) is 14.8 Å². The van der Waals surface area contributed by atoms with Gasteiger partial charge in [-0.15, -0.1) is 0 Å². The van der Waals surface area contributed by atoms with E-state index in [-0.39, 0.29) is 33.9 Å². The molecule has 0 saturated carbocycles. The van der Waals surface area contributed by atoms with Crippen molar-refractivity contribution in [1.29, 1.82) is 0 Å². The Labute approximate surface area is 216 Å². The van der Waals surface area contributed by atoms with E-state index in [9.17, 15) is 18.0 Å². The Morgan fingerprint density at radius 3 is 2.22 bits per heavy atom. The third-order valence-corrected chi connectivity index (χ3v) is 7.09. The molecule has 0 saturated heterocycles. The van der Waals surface area contributed by atoms with Gasteiger partial charge in [0.15, 0.2) is 0 Å². The third kappa shape index (κ3) is 6.35. The molecule has 0 aliphatic heterocycles. The fraction of sp³-hybridized carbons (Fsp3) is 0.231. The number of nitrogens with one attached hydrogen (secondary N) is 2. The first-order valence-corrected chi connectivity index (χ1v) is 13.3. The molecule has 0 spiro atoms. The molecule has 0 fully saturated rings. The Kier molecular flexibility index (Phi) is 8.60. The summed E-state index contributed by atoms with van der Waals surface area (Å²) < 4.78 is 31.4. The van der Waals surface area contributed by atoms with Crippen LogP contribution in [0.5, 0.6) is 5.75 Å². The van der Waals surface area contributed by atoms with Crippen molar-refractivity contribution in [3.8, 4) is 5.75 Å². The number of amides is 2. The lowest BCUT2D eigenvalue weighted by Gasteiger charge is -2.28. The summed E-state index contributed by atoms with van der Waals surface area (Å²) in [6.07, 6.45) is 1.00. The summed E-state index contributed by atoms with van der Waals surface area (Å²) in [5, 5.41) is 5.82. The topological polar surface area (TPSA) is 105 Å². The molecule has 8 nitrogen and oxygen atoms in total. The van der Waals surface area contributed by atoms with Crippen LogP contribution in [0.4, 0.5) is 11.4 Å². The SMILES string of the molecule is COc1ccc(N([C@H](C)C(=O)Nc2ccccc2C(=O)N[C@H](C)c2ccccc2)S(C)(=O)=O)cc1Cl. The van der Waals surface area contributed by atoms with Gasteiger partial charge in [-0.25, -0.2) is 8.42 Å². The van der Waals surface area contributed by atoms with Crippen LogP contribution in [0.2, 0.25) is 5.02 Å². The van der Waals surface area contributed by atoms with Gasteiger partial charge in [-0.2, -0.15) is 0 Å². The van der Waals surface area contributed by atoms with Gasteiger partial charge in [0.05, 0.1) is 41.4 Å². The molecule has 36 heavy (non-hydrogen) atoms. The zero-order valence-corrected chi connectivity index (χ0v) is 21.9. The number of para-hydroxylation sites is 1. The highest BCUT2D eigenvalue weighted by Gasteiger charge is 2.30. The lowest BCUT2D eigenvalue weighted by Crippen LogP contribution is -2.45. The summed E-state index contributed by atoms with van der Waals surface area (Å²) in [4.78, 5) is 26.2. The van der Waals surface area contributed by atoms with Crippen LogP contribution in [0, 0.1) is 0 Å². The van der Waals surface area contributed by atoms with Crippen molar-refractivity contribution in [1.82, 2.24) is 5.32 Å². The molecule has 3 aromatic rings. The second kappa shape index (κ2) is 11.5. The van der Waals surface area contributed by atoms with E-state index in [1.54, 1.807) is 24.3 Å². The van der Waals surface area contributed by atoms with Crippen molar-refractivity contribution >= 4 is 44.8 Å². The number of methoxy groups -OCH3 is 1. The molecule has 190 valence electrons. The first kappa shape index (κ1) is 27.0. The summed E-state index contributed by atoms with van der Waals surface area (Å²) >= 11 is 6.19. The van der Waals surface area contributed by atoms with E-state index < -0.39 is 22.0 Å². The Bertz CT molecular complexity index is 1350. The molecule has 3 rings (SSSR count). The van der Waals surface area contributed by atoms with Gasteiger partial charge < -0.3 is 15.4 Å². The highest BCUT2D eigenvalue weighted by Crippen LogP contribution is 2.31. The fourth-order valence-electron chi connectivity index (χ4n) is 3.73. The minimum Gasteiger partial charge on any atom is -0.495 e. The van der Waals surface area contributed by atoms with E-state index in [2.05, 4.69) is 10.6 Å². The molecule has 0 aromatic heterocycles. The van der Waals surface area contributed by atoms with Gasteiger partial charge in [0, 0.05) is 0 Å². The number of hydrogen-bond acceptors (Lipinski definition) is 5. The molecule has 0 aliphatic carbocycles. The zero-order chi connectivity index (χ0) is 26.5. The minimum absolute atomic E-state index is 0.200. The van der Waals surface area contributed by atoms with Crippen LogP contribution >= 0.6 is 11.6 Å². The number of sulfonamides is 1. The number of benzene rings is 3. The predicted octanol–water partition coefficient (Wildman–Crippen LogP) is 4.63. The van der Waals surface area contributed by atoms with Crippen molar-refractivity contribution in [3.63, 3.8) is 0 Å². The third-order valence-electron chi connectivity index (χ3n) is 5.56. The monoisotopic (exact) mass is 529 g/mol. The molecule has 10 heteroatoms. The van der Waals surface area contributed by atoms with E-state index in [1.165, 1.54) is 32.2 Å². The fourth-order valence-corrected chi connectivity index (χ4v) is 5.15. The van der Waals surface area contributed by atoms with Crippen LogP contribution < -0.4 is 19.7 Å². The van der Waals surface area contributed by atoms with Crippen LogP contribution in [0.1, 0.15) is 35.8 Å². The minimum atomic E-state index is -3.87. The first-order chi connectivity index (χ1) is 17.0. The Hall–Kier alpha value is -3.56. The van der Waals surface area contributed by atoms with Gasteiger partial charge in [-0.3, -0.25) is 13.9 Å². The average molecular weight is 530 g/mol. The quantitative estimate of drug-likeness (QED) is 0.420. The molecule has 0 heterocycles. The molecule has 0 radical (unpaired) electrons. The summed E-state index contributed by atoms with van der Waals surface area (Å²) in [5.74, 6) is -0.629. The number of carbonyl (C=O) groups is 2. The smallest absolute Gasteiger partial charge is 0.253 e. The Morgan fingerprint density at radius 1 is 0.972 bits per heavy atom. The Balaban J connectivity index is 1.84. The largest absolute Gasteiger partial charge is 0.495 e. The van der Waals surface area contributed by atoms with Gasteiger partial charge in [0.2, 0.25) is 15.9 Å². The molecular formula is C26H28ClN3O5S. The van der Waals surface area contributed by atoms with Crippen molar-refractivity contribution in [3.05, 3.63) is 88.9 Å². The molecule has 3 aromatic carbocycles. The van der Waals surface area contributed by atoms with Gasteiger partial charge in [-0.05, 0) is 49.7 Å². The zero-order valence-electron chi connectivity index (χ0n) is 20.4. The van der Waals surface area contributed by atoms with Crippen LogP contribution in [-0.4, -0.2) is 39.6 Å². The van der Waals surface area contributed by atoms with Gasteiger partial charge in [-0.1, -0.05) is 54.1 Å². The standard InChI is InChI=1S/C26H28ClN3O5S/c1-17(19-10-6-5-7-11-19)28-26(32)21-12-8-9-13-23(21)29-25(31)18(2)30(36(4,33)34)20-14-15-24(35-3)22(27)16-20/h5-18H,1-4H3,(H,28,32)(H,29,31)/t17-,18-/m1/s1. The van der Waals surface area contributed by atoms with E-state index >= 15 is 0 Å². The number of hydrogen-bond donors (Lipinski definition) is 2. The average Bonchev–Trinajstić information content (AvgIpc) is 2.84. The van der Waals surface area contributed by atoms with Gasteiger partial charge in [0.25, 0.3) is 5.91 Å². The summed E-state index contributed by atoms with van der Waals surface area (Å²) in [6.45, 7) is 3.31. The van der Waals surface area contributed by atoms with Crippen molar-refractivity contribution in [2.45, 2.75) is 25.9 Å². The maximum atomic E-state index is 13.2. The number of anilines is 2. The van der Waals surface area contributed by atoms with Crippen molar-refractivity contribution in [2.24, 2.45) is 0 Å². The van der Waals surface area contributed by atoms with Crippen molar-refractivity contribution < 1.29 is 22.7 Å². The normalized spacial score (nSPS) is 12.8. The van der Waals surface area contributed by atoms with E-state index in [0.29, 0.717) is 5.75 Å². The van der Waals surface area contributed by atoms with E-state index in [0.717, 1.165) is 16.1 Å². The van der Waals surface area contributed by atoms with Gasteiger partial charge >= 0.3 is 0 Å². The summed E-state index contributed by atoms with van der Waals surface area (Å²) in [7, 11) is -2.43. The van der Waals surface area contributed by atoms with E-state index in [4.69, 9.17) is 16.3 Å². The molecule has 2 N–H and O–H groups in total. The van der Waals surface area contributed by atoms with Gasteiger partial charge in [0.1, 0.15) is 11.8 Å². The second-order valence-electron chi connectivity index (χ2n) is 8.19. The lowest BCUT2D eigenvalue weighted by molar-refractivity contribution is -0.116. The Morgan fingerprint density at radius 2 is 1.61 bits per heavy atom. The van der Waals surface area contributed by atoms with E-state index in [1.807, 2.05) is 37.3 Å². The maximum Gasteiger partial charge on any atom is 0.253 e. The molecule has 2 amide bonds. The number of ether oxygens (including phenoxy) is 1. The highest BCUT2D eigenvalue weighted by atomic mass is 35.5. The number of halogens is 1. The summed E-state index contributed by atoms with van der Waals surface area (Å²) in [6, 6.07) is 19.0. The highest BCUT2D eigenvalue weighted by molar-refractivity contribution is 7.92. The number of carbonyl (C=O) groups excluding carboxylic acids is 2. The first-order valence-electron chi connectivity index (χ1n) is 11.1. The van der Waals surface area contributed by atoms with Crippen LogP contribution in [0.3, 0.4) is 0 Å². The molecule has 0 bridgehead atoms. The van der Waals surface area contributed by atoms with Crippen LogP contribution in [0.25, 0.3) is 0 Å². The number of nitrogens with zero attached hydrogens (tertiary/aromatic N) is 1. The molecule has 0 aliphatic rings. The lowest BCUT2D eigenvalue weighted by atomic mass is 10.1. The summed E-state index contributed by atoms with van der Waals surface area (Å²) in [5.41, 5.74) is 1.64. The van der Waals surface area contributed by atoms with Crippen LogP contribution in [0.15, 0.2) is 72.8 Å². The van der Waals surface area contributed by atoms with Crippen molar-refractivity contribution in [2.75, 3.05) is 23.0 Å².